The largest absolute Gasteiger partial charge is 0.467 e. The van der Waals surface area contributed by atoms with Crippen LogP contribution in [0.5, 0.6) is 0 Å². The molecule has 1 amide bonds. The molecule has 1 N–H and O–H groups in total. The van der Waals surface area contributed by atoms with Gasteiger partial charge in [0.2, 0.25) is 0 Å². The number of hydrogen-bond donors (Lipinski definition) is 1. The molecule has 0 aromatic heterocycles. The van der Waals surface area contributed by atoms with E-state index in [4.69, 9.17) is 4.74 Å². The van der Waals surface area contributed by atoms with Crippen molar-refractivity contribution in [2.45, 2.75) is 32.2 Å². The van der Waals surface area contributed by atoms with E-state index < -0.39 is 12.0 Å². The Balaban J connectivity index is 2.72. The highest BCUT2D eigenvalue weighted by Crippen LogP contribution is 2.12. The first-order chi connectivity index (χ1) is 9.08. The smallest absolute Gasteiger partial charge is 0.328 e. The van der Waals surface area contributed by atoms with Crippen molar-refractivity contribution in [3.8, 4) is 0 Å². The van der Waals surface area contributed by atoms with Crippen molar-refractivity contribution in [1.82, 2.24) is 5.32 Å². The average molecular weight is 328 g/mol. The maximum absolute atomic E-state index is 12.1. The molecule has 0 bridgehead atoms. The number of halogens is 1. The SMILES string of the molecule is CCCC[C@H](NC(=O)c1cccc(Br)c1)C(=O)OC. The molecule has 0 aliphatic rings. The van der Waals surface area contributed by atoms with Crippen molar-refractivity contribution in [3.05, 3.63) is 34.3 Å². The van der Waals surface area contributed by atoms with Crippen LogP contribution in [0.3, 0.4) is 0 Å². The van der Waals surface area contributed by atoms with E-state index >= 15 is 0 Å². The number of esters is 1. The second-order valence-corrected chi connectivity index (χ2v) is 5.12. The summed E-state index contributed by atoms with van der Waals surface area (Å²) in [6.45, 7) is 2.03. The molecule has 0 fully saturated rings. The van der Waals surface area contributed by atoms with Crippen molar-refractivity contribution in [1.29, 1.82) is 0 Å². The second kappa shape index (κ2) is 7.94. The zero-order valence-electron chi connectivity index (χ0n) is 11.1. The van der Waals surface area contributed by atoms with E-state index in [2.05, 4.69) is 21.2 Å². The maximum atomic E-state index is 12.1. The Kier molecular flexibility index (Phi) is 6.56. The number of unbranched alkanes of at least 4 members (excludes halogenated alkanes) is 1. The Morgan fingerprint density at radius 1 is 1.42 bits per heavy atom. The van der Waals surface area contributed by atoms with Crippen LogP contribution in [0, 0.1) is 0 Å². The third-order valence-electron chi connectivity index (χ3n) is 2.72. The number of ether oxygens (including phenoxy) is 1. The zero-order valence-corrected chi connectivity index (χ0v) is 12.7. The van der Waals surface area contributed by atoms with E-state index in [0.29, 0.717) is 12.0 Å². The second-order valence-electron chi connectivity index (χ2n) is 4.20. The van der Waals surface area contributed by atoms with Crippen LogP contribution in [0.2, 0.25) is 0 Å². The molecule has 0 aliphatic carbocycles. The number of benzene rings is 1. The molecule has 0 saturated heterocycles. The van der Waals surface area contributed by atoms with Gasteiger partial charge >= 0.3 is 5.97 Å². The number of carbonyl (C=O) groups excluding carboxylic acids is 2. The highest BCUT2D eigenvalue weighted by molar-refractivity contribution is 9.10. The molecule has 1 aromatic carbocycles. The highest BCUT2D eigenvalue weighted by atomic mass is 79.9. The van der Waals surface area contributed by atoms with Gasteiger partial charge in [-0.1, -0.05) is 41.8 Å². The standard InChI is InChI=1S/C14H18BrNO3/c1-3-4-8-12(14(18)19-2)16-13(17)10-6-5-7-11(15)9-10/h5-7,9,12H,3-4,8H2,1-2H3,(H,16,17)/t12-/m0/s1. The molecule has 0 aliphatic heterocycles. The van der Waals surface area contributed by atoms with E-state index in [1.807, 2.05) is 13.0 Å². The molecule has 0 unspecified atom stereocenters. The summed E-state index contributed by atoms with van der Waals surface area (Å²) in [4.78, 5) is 23.7. The molecule has 4 nitrogen and oxygen atoms in total. The van der Waals surface area contributed by atoms with Crippen molar-refractivity contribution < 1.29 is 14.3 Å². The minimum absolute atomic E-state index is 0.271. The van der Waals surface area contributed by atoms with Gasteiger partial charge in [-0.2, -0.15) is 0 Å². The van der Waals surface area contributed by atoms with Gasteiger partial charge in [-0.15, -0.1) is 0 Å². The first-order valence-corrected chi connectivity index (χ1v) is 7.02. The highest BCUT2D eigenvalue weighted by Gasteiger charge is 2.21. The van der Waals surface area contributed by atoms with Gasteiger partial charge in [0.1, 0.15) is 6.04 Å². The third kappa shape index (κ3) is 5.03. The summed E-state index contributed by atoms with van der Waals surface area (Å²) in [5, 5.41) is 2.71. The number of methoxy groups -OCH3 is 1. The number of hydrogen-bond acceptors (Lipinski definition) is 3. The molecule has 0 heterocycles. The number of rotatable bonds is 6. The lowest BCUT2D eigenvalue weighted by Gasteiger charge is -2.16. The van der Waals surface area contributed by atoms with Gasteiger partial charge in [-0.25, -0.2) is 4.79 Å². The lowest BCUT2D eigenvalue weighted by atomic mass is 10.1. The fourth-order valence-electron chi connectivity index (χ4n) is 1.67. The summed E-state index contributed by atoms with van der Waals surface area (Å²) >= 11 is 3.31. The summed E-state index contributed by atoms with van der Waals surface area (Å²) in [5.74, 6) is -0.676. The molecular weight excluding hydrogens is 310 g/mol. The molecular formula is C14H18BrNO3. The quantitative estimate of drug-likeness (QED) is 0.817. The minimum atomic E-state index is -0.587. The monoisotopic (exact) mass is 327 g/mol. The van der Waals surface area contributed by atoms with Crippen molar-refractivity contribution in [3.63, 3.8) is 0 Å². The molecule has 0 radical (unpaired) electrons. The molecule has 19 heavy (non-hydrogen) atoms. The van der Waals surface area contributed by atoms with Crippen LogP contribution < -0.4 is 5.32 Å². The van der Waals surface area contributed by atoms with Crippen LogP contribution in [0.15, 0.2) is 28.7 Å². The Hall–Kier alpha value is -1.36. The molecule has 1 atom stereocenters. The molecule has 0 saturated carbocycles. The fraction of sp³-hybridized carbons (Fsp3) is 0.429. The van der Waals surface area contributed by atoms with Gasteiger partial charge in [0, 0.05) is 10.0 Å². The minimum Gasteiger partial charge on any atom is -0.467 e. The van der Waals surface area contributed by atoms with Gasteiger partial charge in [-0.05, 0) is 24.6 Å². The van der Waals surface area contributed by atoms with Gasteiger partial charge in [0.15, 0.2) is 0 Å². The van der Waals surface area contributed by atoms with Crippen LogP contribution >= 0.6 is 15.9 Å². The molecule has 1 rings (SSSR count). The van der Waals surface area contributed by atoms with E-state index in [9.17, 15) is 9.59 Å². The van der Waals surface area contributed by atoms with Crippen molar-refractivity contribution in [2.75, 3.05) is 7.11 Å². The molecule has 5 heteroatoms. The van der Waals surface area contributed by atoms with Gasteiger partial charge in [0.25, 0.3) is 5.91 Å². The third-order valence-corrected chi connectivity index (χ3v) is 3.22. The molecule has 0 spiro atoms. The Morgan fingerprint density at radius 2 is 2.16 bits per heavy atom. The number of carbonyl (C=O) groups is 2. The Labute approximate surface area is 121 Å². The van der Waals surface area contributed by atoms with E-state index in [1.165, 1.54) is 7.11 Å². The summed E-state index contributed by atoms with van der Waals surface area (Å²) in [6.07, 6.45) is 2.40. The predicted octanol–water partition coefficient (Wildman–Crippen LogP) is 2.91. The van der Waals surface area contributed by atoms with Crippen LogP contribution in [-0.4, -0.2) is 25.0 Å². The van der Waals surface area contributed by atoms with Crippen LogP contribution in [-0.2, 0) is 9.53 Å². The first-order valence-electron chi connectivity index (χ1n) is 6.22. The fourth-order valence-corrected chi connectivity index (χ4v) is 2.07. The first kappa shape index (κ1) is 15.7. The van der Waals surface area contributed by atoms with E-state index in [0.717, 1.165) is 17.3 Å². The summed E-state index contributed by atoms with van der Waals surface area (Å²) in [5.41, 5.74) is 0.514. The molecule has 1 aromatic rings. The van der Waals surface area contributed by atoms with E-state index in [1.54, 1.807) is 18.2 Å². The normalized spacial score (nSPS) is 11.7. The number of nitrogens with one attached hydrogen (secondary N) is 1. The van der Waals surface area contributed by atoms with Gasteiger partial charge in [0.05, 0.1) is 7.11 Å². The van der Waals surface area contributed by atoms with Crippen LogP contribution in [0.25, 0.3) is 0 Å². The lowest BCUT2D eigenvalue weighted by Crippen LogP contribution is -2.41. The van der Waals surface area contributed by atoms with Crippen molar-refractivity contribution in [2.24, 2.45) is 0 Å². The Morgan fingerprint density at radius 3 is 2.74 bits per heavy atom. The topological polar surface area (TPSA) is 55.4 Å². The van der Waals surface area contributed by atoms with Crippen molar-refractivity contribution >= 4 is 27.8 Å². The Bertz CT molecular complexity index is 448. The lowest BCUT2D eigenvalue weighted by molar-refractivity contribution is -0.143. The van der Waals surface area contributed by atoms with Crippen LogP contribution in [0.4, 0.5) is 0 Å². The summed E-state index contributed by atoms with van der Waals surface area (Å²) in [7, 11) is 1.33. The van der Waals surface area contributed by atoms with E-state index in [-0.39, 0.29) is 5.91 Å². The number of amides is 1. The summed E-state index contributed by atoms with van der Waals surface area (Å²) in [6, 6.07) is 6.44. The van der Waals surface area contributed by atoms with Gasteiger partial charge < -0.3 is 10.1 Å². The van der Waals surface area contributed by atoms with Gasteiger partial charge in [-0.3, -0.25) is 4.79 Å². The molecule has 104 valence electrons. The summed E-state index contributed by atoms with van der Waals surface area (Å²) < 4.78 is 5.53. The predicted molar refractivity (Wildman–Crippen MR) is 76.9 cm³/mol. The maximum Gasteiger partial charge on any atom is 0.328 e. The van der Waals surface area contributed by atoms with Crippen LogP contribution in [0.1, 0.15) is 36.5 Å². The zero-order chi connectivity index (χ0) is 14.3. The average Bonchev–Trinajstić information content (AvgIpc) is 2.42.